The van der Waals surface area contributed by atoms with Crippen LogP contribution in [-0.4, -0.2) is 44.5 Å². The van der Waals surface area contributed by atoms with E-state index in [9.17, 15) is 4.79 Å². The van der Waals surface area contributed by atoms with E-state index in [0.717, 1.165) is 13.1 Å². The zero-order valence-corrected chi connectivity index (χ0v) is 8.71. The molecule has 1 rings (SSSR count). The lowest BCUT2D eigenvalue weighted by molar-refractivity contribution is -0.0124. The Morgan fingerprint density at radius 1 is 1.71 bits per heavy atom. The van der Waals surface area contributed by atoms with Crippen molar-refractivity contribution in [2.24, 2.45) is 0 Å². The maximum Gasteiger partial charge on any atom is 0.407 e. The summed E-state index contributed by atoms with van der Waals surface area (Å²) in [4.78, 5) is 11.1. The Hall–Kier alpha value is -0.810. The fourth-order valence-electron chi connectivity index (χ4n) is 1.17. The maximum atomic E-state index is 11.1. The lowest BCUT2D eigenvalue weighted by atomic mass is 10.3. The second-order valence-electron chi connectivity index (χ2n) is 3.59. The predicted octanol–water partition coefficient (Wildman–Crippen LogP) is 0.109. The number of alkyl carbamates (subject to hydrolysis) is 1. The quantitative estimate of drug-likeness (QED) is 0.682. The van der Waals surface area contributed by atoms with Gasteiger partial charge in [0.2, 0.25) is 0 Å². The predicted molar refractivity (Wildman–Crippen MR) is 52.2 cm³/mol. The molecule has 5 heteroatoms. The van der Waals surface area contributed by atoms with Gasteiger partial charge in [0.1, 0.15) is 12.7 Å². The highest BCUT2D eigenvalue weighted by Gasteiger charge is 2.15. The Morgan fingerprint density at radius 3 is 3.07 bits per heavy atom. The van der Waals surface area contributed by atoms with E-state index in [0.29, 0.717) is 13.2 Å². The zero-order valence-electron chi connectivity index (χ0n) is 8.71. The van der Waals surface area contributed by atoms with Gasteiger partial charge in [-0.1, -0.05) is 0 Å². The first-order valence-corrected chi connectivity index (χ1v) is 4.94. The fourth-order valence-corrected chi connectivity index (χ4v) is 1.17. The second kappa shape index (κ2) is 5.82. The molecule has 14 heavy (non-hydrogen) atoms. The van der Waals surface area contributed by atoms with Crippen molar-refractivity contribution >= 4 is 6.09 Å². The summed E-state index contributed by atoms with van der Waals surface area (Å²) >= 11 is 0. The van der Waals surface area contributed by atoms with Gasteiger partial charge in [0, 0.05) is 19.1 Å². The average molecular weight is 202 g/mol. The molecule has 0 radical (unpaired) electrons. The molecule has 0 saturated carbocycles. The van der Waals surface area contributed by atoms with Crippen molar-refractivity contribution in [3.05, 3.63) is 0 Å². The summed E-state index contributed by atoms with van der Waals surface area (Å²) < 4.78 is 10.3. The normalized spacial score (nSPS) is 22.1. The van der Waals surface area contributed by atoms with E-state index in [4.69, 9.17) is 9.47 Å². The zero-order chi connectivity index (χ0) is 10.4. The van der Waals surface area contributed by atoms with Gasteiger partial charge in [-0.3, -0.25) is 0 Å². The van der Waals surface area contributed by atoms with Gasteiger partial charge < -0.3 is 20.1 Å². The first kappa shape index (κ1) is 11.3. The molecule has 0 aliphatic carbocycles. The van der Waals surface area contributed by atoms with Gasteiger partial charge in [-0.05, 0) is 13.8 Å². The lowest BCUT2D eigenvalue weighted by Crippen LogP contribution is -2.42. The Morgan fingerprint density at radius 2 is 2.50 bits per heavy atom. The molecule has 1 heterocycles. The smallest absolute Gasteiger partial charge is 0.407 e. The molecule has 1 aliphatic rings. The van der Waals surface area contributed by atoms with Gasteiger partial charge >= 0.3 is 6.09 Å². The highest BCUT2D eigenvalue weighted by Crippen LogP contribution is 1.96. The number of morpholine rings is 1. The first-order chi connectivity index (χ1) is 6.68. The molecular weight excluding hydrogens is 184 g/mol. The second-order valence-corrected chi connectivity index (χ2v) is 3.59. The van der Waals surface area contributed by atoms with Crippen molar-refractivity contribution in [3.8, 4) is 0 Å². The van der Waals surface area contributed by atoms with E-state index in [1.807, 2.05) is 13.8 Å². The summed E-state index contributed by atoms with van der Waals surface area (Å²) in [7, 11) is 0. The van der Waals surface area contributed by atoms with Crippen LogP contribution in [0.2, 0.25) is 0 Å². The van der Waals surface area contributed by atoms with Crippen molar-refractivity contribution in [2.45, 2.75) is 26.0 Å². The third kappa shape index (κ3) is 4.43. The summed E-state index contributed by atoms with van der Waals surface area (Å²) in [6.45, 7) is 6.38. The summed E-state index contributed by atoms with van der Waals surface area (Å²) in [5, 5.41) is 5.81. The highest BCUT2D eigenvalue weighted by molar-refractivity contribution is 5.67. The van der Waals surface area contributed by atoms with Crippen LogP contribution < -0.4 is 10.6 Å². The van der Waals surface area contributed by atoms with E-state index in [1.54, 1.807) is 0 Å². The maximum absolute atomic E-state index is 11.1. The highest BCUT2D eigenvalue weighted by atomic mass is 16.6. The average Bonchev–Trinajstić information content (AvgIpc) is 2.15. The van der Waals surface area contributed by atoms with Crippen LogP contribution in [0.3, 0.4) is 0 Å². The largest absolute Gasteiger partial charge is 0.447 e. The van der Waals surface area contributed by atoms with Gasteiger partial charge in [0.25, 0.3) is 0 Å². The molecule has 0 aromatic carbocycles. The number of hydrogen-bond acceptors (Lipinski definition) is 4. The van der Waals surface area contributed by atoms with Crippen LogP contribution in [0, 0.1) is 0 Å². The molecule has 1 saturated heterocycles. The molecule has 1 atom stereocenters. The van der Waals surface area contributed by atoms with Crippen molar-refractivity contribution in [3.63, 3.8) is 0 Å². The van der Waals surface area contributed by atoms with E-state index in [1.165, 1.54) is 0 Å². The standard InChI is InChI=1S/C9H18N2O3/c1-7(2)11-9(12)14-6-8-5-10-3-4-13-8/h7-8,10H,3-6H2,1-2H3,(H,11,12). The van der Waals surface area contributed by atoms with Crippen molar-refractivity contribution in [2.75, 3.05) is 26.3 Å². The summed E-state index contributed by atoms with van der Waals surface area (Å²) in [5.41, 5.74) is 0. The topological polar surface area (TPSA) is 59.6 Å². The molecule has 0 aromatic rings. The SMILES string of the molecule is CC(C)NC(=O)OCC1CNCCO1. The summed E-state index contributed by atoms with van der Waals surface area (Å²) in [6.07, 6.45) is -0.393. The van der Waals surface area contributed by atoms with Crippen LogP contribution in [-0.2, 0) is 9.47 Å². The van der Waals surface area contributed by atoms with Gasteiger partial charge in [-0.2, -0.15) is 0 Å². The van der Waals surface area contributed by atoms with E-state index in [-0.39, 0.29) is 18.2 Å². The van der Waals surface area contributed by atoms with Crippen molar-refractivity contribution in [1.29, 1.82) is 0 Å². The Bertz CT molecular complexity index is 179. The third-order valence-corrected chi connectivity index (χ3v) is 1.81. The lowest BCUT2D eigenvalue weighted by Gasteiger charge is -2.23. The van der Waals surface area contributed by atoms with Gasteiger partial charge in [-0.15, -0.1) is 0 Å². The Balaban J connectivity index is 2.09. The number of hydrogen-bond donors (Lipinski definition) is 2. The van der Waals surface area contributed by atoms with E-state index in [2.05, 4.69) is 10.6 Å². The molecule has 1 unspecified atom stereocenters. The van der Waals surface area contributed by atoms with Crippen LogP contribution in [0.25, 0.3) is 0 Å². The van der Waals surface area contributed by atoms with Crippen molar-refractivity contribution in [1.82, 2.24) is 10.6 Å². The van der Waals surface area contributed by atoms with E-state index < -0.39 is 0 Å². The molecule has 1 fully saturated rings. The molecular formula is C9H18N2O3. The minimum Gasteiger partial charge on any atom is -0.447 e. The van der Waals surface area contributed by atoms with Gasteiger partial charge in [0.15, 0.2) is 0 Å². The molecule has 1 aliphatic heterocycles. The molecule has 82 valence electrons. The number of nitrogens with one attached hydrogen (secondary N) is 2. The van der Waals surface area contributed by atoms with Crippen molar-refractivity contribution < 1.29 is 14.3 Å². The Labute approximate surface area is 84.1 Å². The van der Waals surface area contributed by atoms with Crippen LogP contribution >= 0.6 is 0 Å². The minimum atomic E-state index is -0.380. The van der Waals surface area contributed by atoms with Gasteiger partial charge in [-0.25, -0.2) is 4.79 Å². The molecule has 0 aromatic heterocycles. The van der Waals surface area contributed by atoms with E-state index >= 15 is 0 Å². The monoisotopic (exact) mass is 202 g/mol. The molecule has 5 nitrogen and oxygen atoms in total. The summed E-state index contributed by atoms with van der Waals surface area (Å²) in [6, 6.07) is 0.105. The molecule has 0 bridgehead atoms. The van der Waals surface area contributed by atoms with Crippen LogP contribution in [0.4, 0.5) is 4.79 Å². The number of amides is 1. The first-order valence-electron chi connectivity index (χ1n) is 4.94. The van der Waals surface area contributed by atoms with Crippen LogP contribution in [0.5, 0.6) is 0 Å². The van der Waals surface area contributed by atoms with Crippen LogP contribution in [0.15, 0.2) is 0 Å². The third-order valence-electron chi connectivity index (χ3n) is 1.81. The van der Waals surface area contributed by atoms with Crippen LogP contribution in [0.1, 0.15) is 13.8 Å². The number of rotatable bonds is 3. The number of carbonyl (C=O) groups is 1. The molecule has 2 N–H and O–H groups in total. The number of ether oxygens (including phenoxy) is 2. The fraction of sp³-hybridized carbons (Fsp3) is 0.889. The number of carbonyl (C=O) groups excluding carboxylic acids is 1. The minimum absolute atomic E-state index is 0.0123. The summed E-state index contributed by atoms with van der Waals surface area (Å²) in [5.74, 6) is 0. The molecule has 0 spiro atoms. The molecule has 1 amide bonds. The van der Waals surface area contributed by atoms with Gasteiger partial charge in [0.05, 0.1) is 6.61 Å². The Kier molecular flexibility index (Phi) is 4.69.